The number of phenols is 1. The minimum absolute atomic E-state index is 0.00635. The molecule has 2 aromatic rings. The summed E-state index contributed by atoms with van der Waals surface area (Å²) in [6, 6.07) is 4.56. The van der Waals surface area contributed by atoms with Crippen LogP contribution in [0.4, 0.5) is 0 Å². The number of carboxylic acids is 1. The average Bonchev–Trinajstić information content (AvgIpc) is 2.61. The van der Waals surface area contributed by atoms with E-state index in [-0.39, 0.29) is 11.4 Å². The topological polar surface area (TPSA) is 82.5 Å². The van der Waals surface area contributed by atoms with Gasteiger partial charge in [-0.05, 0) is 19.1 Å². The van der Waals surface area contributed by atoms with Gasteiger partial charge in [0.15, 0.2) is 11.5 Å². The number of hydrogen-bond donors (Lipinski definition) is 3. The van der Waals surface area contributed by atoms with Crippen LogP contribution in [-0.2, 0) is 0 Å². The highest BCUT2D eigenvalue weighted by atomic mass is 16.5. The van der Waals surface area contributed by atoms with Gasteiger partial charge in [-0.3, -0.25) is 0 Å². The van der Waals surface area contributed by atoms with Gasteiger partial charge < -0.3 is 19.9 Å². The highest BCUT2D eigenvalue weighted by Crippen LogP contribution is 2.31. The summed E-state index contributed by atoms with van der Waals surface area (Å²) in [7, 11) is 0. The van der Waals surface area contributed by atoms with Crippen LogP contribution in [0.1, 0.15) is 17.4 Å². The van der Waals surface area contributed by atoms with Crippen molar-refractivity contribution in [2.24, 2.45) is 0 Å². The van der Waals surface area contributed by atoms with E-state index in [1.165, 1.54) is 12.1 Å². The maximum absolute atomic E-state index is 10.7. The Hall–Kier alpha value is -2.17. The van der Waals surface area contributed by atoms with Crippen LogP contribution in [0.25, 0.3) is 10.9 Å². The Labute approximate surface area is 91.3 Å². The van der Waals surface area contributed by atoms with Crippen LogP contribution in [-0.4, -0.2) is 27.8 Å². The maximum Gasteiger partial charge on any atom is 0.352 e. The second-order valence-corrected chi connectivity index (χ2v) is 3.33. The molecule has 0 saturated heterocycles. The van der Waals surface area contributed by atoms with Crippen molar-refractivity contribution in [1.82, 2.24) is 4.98 Å². The Kier molecular flexibility index (Phi) is 2.44. The Bertz CT molecular complexity index is 544. The summed E-state index contributed by atoms with van der Waals surface area (Å²) in [6.45, 7) is 2.25. The molecule has 0 saturated carbocycles. The van der Waals surface area contributed by atoms with E-state index in [4.69, 9.17) is 9.84 Å². The zero-order chi connectivity index (χ0) is 11.7. The Morgan fingerprint density at radius 2 is 2.19 bits per heavy atom. The number of carbonyl (C=O) groups is 1. The molecule has 1 aromatic heterocycles. The summed E-state index contributed by atoms with van der Waals surface area (Å²) in [5, 5.41) is 19.1. The SMILES string of the molecule is CCOc1cc2cc(C(=O)O)[nH]c2cc1O. The molecule has 0 fully saturated rings. The molecule has 0 unspecified atom stereocenters. The van der Waals surface area contributed by atoms with Crippen LogP contribution in [0, 0.1) is 0 Å². The highest BCUT2D eigenvalue weighted by Gasteiger charge is 2.10. The second-order valence-electron chi connectivity index (χ2n) is 3.33. The molecule has 0 aliphatic carbocycles. The monoisotopic (exact) mass is 221 g/mol. The number of benzene rings is 1. The quantitative estimate of drug-likeness (QED) is 0.740. The lowest BCUT2D eigenvalue weighted by Crippen LogP contribution is -1.94. The Morgan fingerprint density at radius 3 is 2.81 bits per heavy atom. The van der Waals surface area contributed by atoms with E-state index < -0.39 is 5.97 Å². The molecule has 0 aliphatic rings. The molecule has 5 heteroatoms. The lowest BCUT2D eigenvalue weighted by atomic mass is 10.2. The van der Waals surface area contributed by atoms with Gasteiger partial charge in [-0.25, -0.2) is 4.79 Å². The molecule has 0 aliphatic heterocycles. The first-order valence-corrected chi connectivity index (χ1v) is 4.83. The number of ether oxygens (including phenoxy) is 1. The molecule has 5 nitrogen and oxygen atoms in total. The van der Waals surface area contributed by atoms with Gasteiger partial charge in [0.25, 0.3) is 0 Å². The van der Waals surface area contributed by atoms with E-state index in [1.807, 2.05) is 6.92 Å². The lowest BCUT2D eigenvalue weighted by molar-refractivity contribution is 0.0691. The molecule has 0 amide bonds. The van der Waals surface area contributed by atoms with Crippen LogP contribution < -0.4 is 4.74 Å². The summed E-state index contributed by atoms with van der Waals surface area (Å²) >= 11 is 0. The van der Waals surface area contributed by atoms with Gasteiger partial charge in [-0.1, -0.05) is 0 Å². The number of H-pyrrole nitrogens is 1. The van der Waals surface area contributed by atoms with Gasteiger partial charge in [0.05, 0.1) is 12.1 Å². The zero-order valence-electron chi connectivity index (χ0n) is 8.65. The molecule has 84 valence electrons. The number of aromatic amines is 1. The molecular formula is C11H11NO4. The van der Waals surface area contributed by atoms with E-state index in [1.54, 1.807) is 6.07 Å². The van der Waals surface area contributed by atoms with E-state index in [2.05, 4.69) is 4.98 Å². The highest BCUT2D eigenvalue weighted by molar-refractivity contribution is 5.94. The van der Waals surface area contributed by atoms with Gasteiger partial charge in [0.1, 0.15) is 5.69 Å². The summed E-state index contributed by atoms with van der Waals surface area (Å²) < 4.78 is 5.20. The zero-order valence-corrected chi connectivity index (χ0v) is 8.65. The van der Waals surface area contributed by atoms with E-state index in [0.717, 1.165) is 0 Å². The van der Waals surface area contributed by atoms with Crippen LogP contribution >= 0.6 is 0 Å². The Balaban J connectivity index is 2.56. The van der Waals surface area contributed by atoms with Crippen molar-refractivity contribution in [1.29, 1.82) is 0 Å². The second kappa shape index (κ2) is 3.77. The summed E-state index contributed by atoms with van der Waals surface area (Å²) in [6.07, 6.45) is 0. The third kappa shape index (κ3) is 1.67. The fourth-order valence-corrected chi connectivity index (χ4v) is 1.53. The van der Waals surface area contributed by atoms with Crippen molar-refractivity contribution in [2.75, 3.05) is 6.61 Å². The number of aromatic carboxylic acids is 1. The Morgan fingerprint density at radius 1 is 1.44 bits per heavy atom. The average molecular weight is 221 g/mol. The van der Waals surface area contributed by atoms with Gasteiger partial charge in [0, 0.05) is 11.5 Å². The van der Waals surface area contributed by atoms with Crippen molar-refractivity contribution >= 4 is 16.9 Å². The first-order valence-electron chi connectivity index (χ1n) is 4.83. The van der Waals surface area contributed by atoms with Crippen molar-refractivity contribution in [3.05, 3.63) is 23.9 Å². The number of fused-ring (bicyclic) bond motifs is 1. The molecule has 0 radical (unpaired) electrons. The summed E-state index contributed by atoms with van der Waals surface area (Å²) in [5.41, 5.74) is 0.654. The fourth-order valence-electron chi connectivity index (χ4n) is 1.53. The van der Waals surface area contributed by atoms with Gasteiger partial charge in [-0.2, -0.15) is 0 Å². The molecular weight excluding hydrogens is 210 g/mol. The molecule has 3 N–H and O–H groups in total. The van der Waals surface area contributed by atoms with Crippen LogP contribution in [0.5, 0.6) is 11.5 Å². The third-order valence-corrected chi connectivity index (χ3v) is 2.23. The fraction of sp³-hybridized carbons (Fsp3) is 0.182. The number of carboxylic acid groups (broad SMARTS) is 1. The van der Waals surface area contributed by atoms with Gasteiger partial charge in [-0.15, -0.1) is 0 Å². The predicted octanol–water partition coefficient (Wildman–Crippen LogP) is 1.97. The van der Waals surface area contributed by atoms with Crippen LogP contribution in [0.2, 0.25) is 0 Å². The number of hydrogen-bond acceptors (Lipinski definition) is 3. The molecule has 0 bridgehead atoms. The van der Waals surface area contributed by atoms with Gasteiger partial charge >= 0.3 is 5.97 Å². The number of aromatic nitrogens is 1. The largest absolute Gasteiger partial charge is 0.504 e. The minimum Gasteiger partial charge on any atom is -0.504 e. The minimum atomic E-state index is -1.03. The molecule has 1 aromatic carbocycles. The predicted molar refractivity (Wildman–Crippen MR) is 58.1 cm³/mol. The summed E-state index contributed by atoms with van der Waals surface area (Å²) in [4.78, 5) is 13.4. The molecule has 16 heavy (non-hydrogen) atoms. The van der Waals surface area contributed by atoms with Gasteiger partial charge in [0.2, 0.25) is 0 Å². The number of aromatic hydroxyl groups is 1. The normalized spacial score (nSPS) is 10.6. The molecule has 1 heterocycles. The third-order valence-electron chi connectivity index (χ3n) is 2.23. The van der Waals surface area contributed by atoms with Crippen LogP contribution in [0.3, 0.4) is 0 Å². The van der Waals surface area contributed by atoms with Crippen molar-refractivity contribution < 1.29 is 19.7 Å². The first-order chi connectivity index (χ1) is 7.61. The first kappa shape index (κ1) is 10.4. The van der Waals surface area contributed by atoms with E-state index in [9.17, 15) is 9.90 Å². The number of phenolic OH excluding ortho intramolecular Hbond substituents is 1. The van der Waals surface area contributed by atoms with E-state index >= 15 is 0 Å². The lowest BCUT2D eigenvalue weighted by Gasteiger charge is -2.04. The van der Waals surface area contributed by atoms with Crippen molar-refractivity contribution in [2.45, 2.75) is 6.92 Å². The van der Waals surface area contributed by atoms with Crippen LogP contribution in [0.15, 0.2) is 18.2 Å². The molecule has 0 atom stereocenters. The smallest absolute Gasteiger partial charge is 0.352 e. The van der Waals surface area contributed by atoms with Crippen molar-refractivity contribution in [3.8, 4) is 11.5 Å². The summed E-state index contributed by atoms with van der Waals surface area (Å²) in [5.74, 6) is -0.687. The number of nitrogens with one attached hydrogen (secondary N) is 1. The standard InChI is InChI=1S/C11H11NO4/c1-2-16-10-4-6-3-8(11(14)15)12-7(6)5-9(10)13/h3-5,12-13H,2H2,1H3,(H,14,15). The maximum atomic E-state index is 10.7. The van der Waals surface area contributed by atoms with Crippen molar-refractivity contribution in [3.63, 3.8) is 0 Å². The van der Waals surface area contributed by atoms with E-state index in [0.29, 0.717) is 23.3 Å². The molecule has 2 rings (SSSR count). The number of rotatable bonds is 3. The molecule has 0 spiro atoms.